The zero-order valence-electron chi connectivity index (χ0n) is 10.4. The highest BCUT2D eigenvalue weighted by Crippen LogP contribution is 2.59. The van der Waals surface area contributed by atoms with E-state index in [2.05, 4.69) is 0 Å². The summed E-state index contributed by atoms with van der Waals surface area (Å²) in [5.74, 6) is 0. The molecule has 0 aromatic heterocycles. The molecule has 1 aromatic carbocycles. The molecule has 4 nitrogen and oxygen atoms in total. The lowest BCUT2D eigenvalue weighted by Gasteiger charge is -2.33. The molecule has 1 rings (SSSR count). The maximum atomic E-state index is 11.8. The van der Waals surface area contributed by atoms with Crippen molar-refractivity contribution in [1.29, 1.82) is 0 Å². The SMILES string of the molecule is CCc1ccccc1C(CC)(OC)P(=O)(O)O. The molecular formula is C12H19O4P. The summed E-state index contributed by atoms with van der Waals surface area (Å²) in [5, 5.41) is -1.53. The molecule has 2 N–H and O–H groups in total. The molecule has 0 saturated heterocycles. The molecule has 5 heteroatoms. The Labute approximate surface area is 102 Å². The molecule has 0 heterocycles. The van der Waals surface area contributed by atoms with Gasteiger partial charge in [0.2, 0.25) is 0 Å². The standard InChI is InChI=1S/C12H19O4P/c1-4-10-8-6-7-9-11(10)12(5-2,16-3)17(13,14)15/h6-9H,4-5H2,1-3H3,(H2,13,14,15). The first-order valence-corrected chi connectivity index (χ1v) is 7.23. The van der Waals surface area contributed by atoms with Crippen LogP contribution in [0.5, 0.6) is 0 Å². The highest BCUT2D eigenvalue weighted by Gasteiger charge is 2.48. The monoisotopic (exact) mass is 258 g/mol. The molecule has 1 unspecified atom stereocenters. The molecule has 0 spiro atoms. The predicted octanol–water partition coefficient (Wildman–Crippen LogP) is 2.64. The molecule has 0 aliphatic carbocycles. The summed E-state index contributed by atoms with van der Waals surface area (Å²) in [5.41, 5.74) is 1.49. The molecule has 0 aliphatic heterocycles. The molecule has 96 valence electrons. The molecule has 0 aliphatic rings. The third-order valence-electron chi connectivity index (χ3n) is 3.11. The lowest BCUT2D eigenvalue weighted by molar-refractivity contribution is 0.0310. The van der Waals surface area contributed by atoms with Crippen LogP contribution in [0.2, 0.25) is 0 Å². The summed E-state index contributed by atoms with van der Waals surface area (Å²) >= 11 is 0. The molecular weight excluding hydrogens is 239 g/mol. The summed E-state index contributed by atoms with van der Waals surface area (Å²) in [6.45, 7) is 3.67. The minimum atomic E-state index is -4.39. The number of aryl methyl sites for hydroxylation is 1. The first kappa shape index (κ1) is 14.4. The van der Waals surface area contributed by atoms with Crippen LogP contribution in [0.1, 0.15) is 31.4 Å². The quantitative estimate of drug-likeness (QED) is 0.797. The number of rotatable bonds is 5. The van der Waals surface area contributed by atoms with Crippen LogP contribution in [0.4, 0.5) is 0 Å². The van der Waals surface area contributed by atoms with Crippen LogP contribution in [-0.2, 0) is 21.1 Å². The van der Waals surface area contributed by atoms with Crippen LogP contribution in [0.25, 0.3) is 0 Å². The average molecular weight is 258 g/mol. The molecule has 0 fully saturated rings. The van der Waals surface area contributed by atoms with E-state index in [0.29, 0.717) is 12.0 Å². The van der Waals surface area contributed by atoms with E-state index in [4.69, 9.17) is 4.74 Å². The Hall–Kier alpha value is -0.670. The van der Waals surface area contributed by atoms with Gasteiger partial charge >= 0.3 is 7.60 Å². The fourth-order valence-electron chi connectivity index (χ4n) is 2.14. The summed E-state index contributed by atoms with van der Waals surface area (Å²) < 4.78 is 17.0. The molecule has 1 atom stereocenters. The lowest BCUT2D eigenvalue weighted by atomic mass is 9.98. The third kappa shape index (κ3) is 2.45. The largest absolute Gasteiger partial charge is 0.361 e. The van der Waals surface area contributed by atoms with Crippen LogP contribution in [-0.4, -0.2) is 16.9 Å². The third-order valence-corrected chi connectivity index (χ3v) is 4.79. The van der Waals surface area contributed by atoms with E-state index in [-0.39, 0.29) is 6.42 Å². The second kappa shape index (κ2) is 5.32. The van der Waals surface area contributed by atoms with Gasteiger partial charge in [-0.2, -0.15) is 0 Å². The Morgan fingerprint density at radius 2 is 1.88 bits per heavy atom. The molecule has 0 amide bonds. The van der Waals surface area contributed by atoms with Crippen molar-refractivity contribution in [2.24, 2.45) is 0 Å². The van der Waals surface area contributed by atoms with Gasteiger partial charge in [0.15, 0.2) is 5.34 Å². The maximum Gasteiger partial charge on any atom is 0.361 e. The van der Waals surface area contributed by atoms with Crippen molar-refractivity contribution in [1.82, 2.24) is 0 Å². The van der Waals surface area contributed by atoms with Gasteiger partial charge in [0.05, 0.1) is 0 Å². The van der Waals surface area contributed by atoms with Gasteiger partial charge in [-0.1, -0.05) is 38.1 Å². The van der Waals surface area contributed by atoms with Gasteiger partial charge in [-0.15, -0.1) is 0 Å². The Bertz CT molecular complexity index is 420. The number of benzene rings is 1. The summed E-state index contributed by atoms with van der Waals surface area (Å²) in [6, 6.07) is 7.23. The van der Waals surface area contributed by atoms with E-state index in [0.717, 1.165) is 5.56 Å². The lowest BCUT2D eigenvalue weighted by Crippen LogP contribution is -2.29. The van der Waals surface area contributed by atoms with Crippen LogP contribution in [0.3, 0.4) is 0 Å². The number of hydrogen-bond donors (Lipinski definition) is 2. The van der Waals surface area contributed by atoms with Crippen molar-refractivity contribution in [3.63, 3.8) is 0 Å². The van der Waals surface area contributed by atoms with Crippen molar-refractivity contribution < 1.29 is 19.1 Å². The Morgan fingerprint density at radius 3 is 2.29 bits per heavy atom. The van der Waals surface area contributed by atoms with Crippen molar-refractivity contribution in [3.8, 4) is 0 Å². The summed E-state index contributed by atoms with van der Waals surface area (Å²) in [6.07, 6.45) is 0.937. The number of methoxy groups -OCH3 is 1. The van der Waals surface area contributed by atoms with Crippen molar-refractivity contribution in [2.75, 3.05) is 7.11 Å². The Kier molecular flexibility index (Phi) is 4.50. The summed E-state index contributed by atoms with van der Waals surface area (Å²) in [4.78, 5) is 19.2. The maximum absolute atomic E-state index is 11.8. The fourth-order valence-corrected chi connectivity index (χ4v) is 3.32. The highest BCUT2D eigenvalue weighted by molar-refractivity contribution is 7.52. The van der Waals surface area contributed by atoms with Gasteiger partial charge in [-0.25, -0.2) is 0 Å². The minimum absolute atomic E-state index is 0.227. The number of hydrogen-bond acceptors (Lipinski definition) is 2. The Balaban J connectivity index is 3.48. The molecule has 17 heavy (non-hydrogen) atoms. The van der Waals surface area contributed by atoms with Crippen LogP contribution >= 0.6 is 7.60 Å². The smallest absolute Gasteiger partial charge is 0.361 e. The minimum Gasteiger partial charge on any atom is -0.361 e. The van der Waals surface area contributed by atoms with Crippen LogP contribution < -0.4 is 0 Å². The van der Waals surface area contributed by atoms with E-state index in [1.807, 2.05) is 19.1 Å². The van der Waals surface area contributed by atoms with E-state index >= 15 is 0 Å². The molecule has 1 aromatic rings. The molecule has 0 radical (unpaired) electrons. The van der Waals surface area contributed by atoms with E-state index in [9.17, 15) is 14.4 Å². The highest BCUT2D eigenvalue weighted by atomic mass is 31.2. The van der Waals surface area contributed by atoms with Gasteiger partial charge in [0, 0.05) is 7.11 Å². The second-order valence-electron chi connectivity index (χ2n) is 3.90. The van der Waals surface area contributed by atoms with E-state index in [1.165, 1.54) is 7.11 Å². The van der Waals surface area contributed by atoms with Crippen molar-refractivity contribution >= 4 is 7.60 Å². The number of ether oxygens (including phenoxy) is 1. The molecule has 0 bridgehead atoms. The van der Waals surface area contributed by atoms with E-state index in [1.54, 1.807) is 19.1 Å². The predicted molar refractivity (Wildman–Crippen MR) is 66.8 cm³/mol. The topological polar surface area (TPSA) is 66.8 Å². The van der Waals surface area contributed by atoms with Crippen LogP contribution in [0.15, 0.2) is 24.3 Å². The van der Waals surface area contributed by atoms with Gasteiger partial charge in [0.1, 0.15) is 0 Å². The average Bonchev–Trinajstić information content (AvgIpc) is 2.30. The van der Waals surface area contributed by atoms with Crippen LogP contribution in [0, 0.1) is 0 Å². The fraction of sp³-hybridized carbons (Fsp3) is 0.500. The van der Waals surface area contributed by atoms with Gasteiger partial charge in [-0.05, 0) is 24.0 Å². The Morgan fingerprint density at radius 1 is 1.29 bits per heavy atom. The first-order valence-electron chi connectivity index (χ1n) is 5.62. The summed E-state index contributed by atoms with van der Waals surface area (Å²) in [7, 11) is -3.05. The van der Waals surface area contributed by atoms with Gasteiger partial charge in [0.25, 0.3) is 0 Å². The zero-order chi connectivity index (χ0) is 13.1. The second-order valence-corrected chi connectivity index (χ2v) is 5.71. The van der Waals surface area contributed by atoms with Gasteiger partial charge < -0.3 is 14.5 Å². The molecule has 0 saturated carbocycles. The van der Waals surface area contributed by atoms with Crippen molar-refractivity contribution in [3.05, 3.63) is 35.4 Å². The zero-order valence-corrected chi connectivity index (χ0v) is 11.3. The van der Waals surface area contributed by atoms with Gasteiger partial charge in [-0.3, -0.25) is 4.57 Å². The normalized spacial score (nSPS) is 15.6. The first-order chi connectivity index (χ1) is 7.93. The van der Waals surface area contributed by atoms with Crippen molar-refractivity contribution in [2.45, 2.75) is 32.0 Å². The van der Waals surface area contributed by atoms with E-state index < -0.39 is 12.9 Å².